The number of nitrogens with zero attached hydrogens (tertiary/aromatic N) is 2. The van der Waals surface area contributed by atoms with E-state index in [1.165, 1.54) is 12.1 Å². The average molecular weight is 503 g/mol. The molecule has 10 heteroatoms. The van der Waals surface area contributed by atoms with Crippen molar-refractivity contribution < 1.29 is 18.9 Å². The minimum absolute atomic E-state index is 0.0102. The van der Waals surface area contributed by atoms with Gasteiger partial charge in [-0.25, -0.2) is 0 Å². The van der Waals surface area contributed by atoms with Gasteiger partial charge in [0, 0.05) is 22.2 Å². The lowest BCUT2D eigenvalue weighted by atomic mass is 10.0. The van der Waals surface area contributed by atoms with E-state index >= 15 is 0 Å². The zero-order valence-electron chi connectivity index (χ0n) is 17.4. The number of nitro benzene ring substituents is 1. The fourth-order valence-electron chi connectivity index (χ4n) is 3.31. The molecule has 1 aliphatic rings. The van der Waals surface area contributed by atoms with Crippen molar-refractivity contribution in [2.75, 3.05) is 0 Å². The van der Waals surface area contributed by atoms with E-state index in [0.717, 1.165) is 27.8 Å². The first-order chi connectivity index (χ1) is 15.6. The molecular formula is C23H16Cl2N2O5S. The number of aryl methyl sites for hydroxylation is 2. The maximum atomic E-state index is 12.8. The Hall–Kier alpha value is -3.07. The Labute approximate surface area is 203 Å². The summed E-state index contributed by atoms with van der Waals surface area (Å²) in [6.45, 7) is 3.67. The number of nitro groups is 1. The van der Waals surface area contributed by atoms with Crippen molar-refractivity contribution in [2.24, 2.45) is 0 Å². The Bertz CT molecular complexity index is 1350. The third-order valence-corrected chi connectivity index (χ3v) is 6.69. The molecule has 2 amide bonds. The number of amides is 2. The Balaban J connectivity index is 1.60. The molecule has 33 heavy (non-hydrogen) atoms. The molecule has 0 unspecified atom stereocenters. The number of rotatable bonds is 5. The zero-order valence-corrected chi connectivity index (χ0v) is 19.8. The van der Waals surface area contributed by atoms with E-state index in [-0.39, 0.29) is 17.1 Å². The van der Waals surface area contributed by atoms with Gasteiger partial charge in [0.15, 0.2) is 0 Å². The van der Waals surface area contributed by atoms with E-state index in [0.29, 0.717) is 32.7 Å². The lowest BCUT2D eigenvalue weighted by molar-refractivity contribution is -0.384. The van der Waals surface area contributed by atoms with E-state index in [9.17, 15) is 19.7 Å². The van der Waals surface area contributed by atoms with Gasteiger partial charge in [-0.1, -0.05) is 29.3 Å². The summed E-state index contributed by atoms with van der Waals surface area (Å²) in [6, 6.07) is 11.2. The first-order valence-corrected chi connectivity index (χ1v) is 11.3. The second kappa shape index (κ2) is 9.05. The molecule has 1 saturated heterocycles. The number of hydrogen-bond acceptors (Lipinski definition) is 6. The van der Waals surface area contributed by atoms with Gasteiger partial charge in [-0.3, -0.25) is 24.6 Å². The molecule has 2 aromatic carbocycles. The van der Waals surface area contributed by atoms with Crippen LogP contribution in [0.4, 0.5) is 10.5 Å². The Morgan fingerprint density at radius 3 is 2.52 bits per heavy atom. The highest BCUT2D eigenvalue weighted by molar-refractivity contribution is 8.18. The van der Waals surface area contributed by atoms with Crippen LogP contribution in [0.5, 0.6) is 0 Å². The molecule has 7 nitrogen and oxygen atoms in total. The third-order valence-electron chi connectivity index (χ3n) is 5.19. The lowest BCUT2D eigenvalue weighted by Crippen LogP contribution is -2.27. The smallest absolute Gasteiger partial charge is 0.293 e. The van der Waals surface area contributed by atoms with E-state index in [1.807, 2.05) is 6.92 Å². The minimum Gasteiger partial charge on any atom is -0.456 e. The topological polar surface area (TPSA) is 93.7 Å². The molecule has 4 rings (SSSR count). The van der Waals surface area contributed by atoms with Crippen molar-refractivity contribution in [3.8, 4) is 11.3 Å². The van der Waals surface area contributed by atoms with Crippen LogP contribution in [0, 0.1) is 24.0 Å². The van der Waals surface area contributed by atoms with Crippen LogP contribution < -0.4 is 0 Å². The second-order valence-electron chi connectivity index (χ2n) is 7.42. The number of halogens is 2. The first kappa shape index (κ1) is 23.1. The standard InChI is InChI=1S/C23H16Cl2N2O5S/c1-12-7-17(19(27(30)31)8-13(12)2)20-6-5-16(32-20)10-21-22(28)26(23(29)33-21)11-14-3-4-15(24)9-18(14)25/h3-10H,11H2,1-2H3/b21-10-. The Kier molecular flexibility index (Phi) is 6.34. The molecule has 0 saturated carbocycles. The summed E-state index contributed by atoms with van der Waals surface area (Å²) in [5, 5.41) is 11.9. The summed E-state index contributed by atoms with van der Waals surface area (Å²) >= 11 is 12.9. The van der Waals surface area contributed by atoms with Gasteiger partial charge in [0.25, 0.3) is 16.8 Å². The van der Waals surface area contributed by atoms with Crippen LogP contribution in [0.2, 0.25) is 10.0 Å². The number of carbonyl (C=O) groups excluding carboxylic acids is 2. The Morgan fingerprint density at radius 1 is 1.09 bits per heavy atom. The monoisotopic (exact) mass is 502 g/mol. The summed E-state index contributed by atoms with van der Waals surface area (Å²) in [4.78, 5) is 37.6. The number of benzene rings is 2. The van der Waals surface area contributed by atoms with E-state index < -0.39 is 16.1 Å². The molecule has 1 fully saturated rings. The number of hydrogen-bond donors (Lipinski definition) is 0. The van der Waals surface area contributed by atoms with Crippen LogP contribution in [-0.2, 0) is 11.3 Å². The van der Waals surface area contributed by atoms with Gasteiger partial charge in [0.05, 0.1) is 21.9 Å². The third kappa shape index (κ3) is 4.68. The van der Waals surface area contributed by atoms with Gasteiger partial charge >= 0.3 is 0 Å². The molecule has 0 N–H and O–H groups in total. The molecule has 2 heterocycles. The molecule has 168 valence electrons. The minimum atomic E-state index is -0.480. The van der Waals surface area contributed by atoms with Gasteiger partial charge in [-0.15, -0.1) is 0 Å². The summed E-state index contributed by atoms with van der Waals surface area (Å²) in [7, 11) is 0. The lowest BCUT2D eigenvalue weighted by Gasteiger charge is -2.13. The van der Waals surface area contributed by atoms with Crippen LogP contribution in [0.25, 0.3) is 17.4 Å². The average Bonchev–Trinajstić information content (AvgIpc) is 3.31. The van der Waals surface area contributed by atoms with Crippen LogP contribution in [0.15, 0.2) is 51.8 Å². The first-order valence-electron chi connectivity index (χ1n) is 9.69. The molecule has 0 spiro atoms. The van der Waals surface area contributed by atoms with Crippen molar-refractivity contribution in [2.45, 2.75) is 20.4 Å². The Morgan fingerprint density at radius 2 is 1.82 bits per heavy atom. The van der Waals surface area contributed by atoms with Gasteiger partial charge in [-0.05, 0) is 72.6 Å². The molecular weight excluding hydrogens is 487 g/mol. The van der Waals surface area contributed by atoms with Crippen molar-refractivity contribution in [3.05, 3.63) is 90.0 Å². The predicted octanol–water partition coefficient (Wildman–Crippen LogP) is 7.01. The molecule has 1 aliphatic heterocycles. The molecule has 0 atom stereocenters. The number of thioether (sulfide) groups is 1. The maximum absolute atomic E-state index is 12.8. The second-order valence-corrected chi connectivity index (χ2v) is 9.25. The highest BCUT2D eigenvalue weighted by Gasteiger charge is 2.35. The highest BCUT2D eigenvalue weighted by atomic mass is 35.5. The fourth-order valence-corrected chi connectivity index (χ4v) is 4.60. The highest BCUT2D eigenvalue weighted by Crippen LogP contribution is 2.37. The summed E-state index contributed by atoms with van der Waals surface area (Å²) in [5.74, 6) is 0.113. The molecule has 0 bridgehead atoms. The quantitative estimate of drug-likeness (QED) is 0.211. The van der Waals surface area contributed by atoms with Gasteiger partial charge in [0.1, 0.15) is 11.5 Å². The van der Waals surface area contributed by atoms with Crippen LogP contribution in [-0.4, -0.2) is 21.0 Å². The van der Waals surface area contributed by atoms with Gasteiger partial charge in [-0.2, -0.15) is 0 Å². The van der Waals surface area contributed by atoms with E-state index in [1.54, 1.807) is 43.3 Å². The maximum Gasteiger partial charge on any atom is 0.293 e. The predicted molar refractivity (Wildman–Crippen MR) is 128 cm³/mol. The molecule has 3 aromatic rings. The van der Waals surface area contributed by atoms with E-state index in [2.05, 4.69) is 0 Å². The van der Waals surface area contributed by atoms with Crippen molar-refractivity contribution >= 4 is 57.9 Å². The van der Waals surface area contributed by atoms with Gasteiger partial charge in [0.2, 0.25) is 0 Å². The number of carbonyl (C=O) groups is 2. The number of imide groups is 1. The fraction of sp³-hybridized carbons (Fsp3) is 0.130. The van der Waals surface area contributed by atoms with Crippen molar-refractivity contribution in [3.63, 3.8) is 0 Å². The molecule has 1 aromatic heterocycles. The zero-order chi connectivity index (χ0) is 23.9. The summed E-state index contributed by atoms with van der Waals surface area (Å²) in [5.41, 5.74) is 2.54. The largest absolute Gasteiger partial charge is 0.456 e. The van der Waals surface area contributed by atoms with Crippen LogP contribution >= 0.6 is 35.0 Å². The SMILES string of the molecule is Cc1cc(-c2ccc(/C=C3\SC(=O)N(Cc4ccc(Cl)cc4Cl)C3=O)o2)c([N+](=O)[O-])cc1C. The van der Waals surface area contributed by atoms with Crippen LogP contribution in [0.1, 0.15) is 22.5 Å². The van der Waals surface area contributed by atoms with Gasteiger partial charge < -0.3 is 4.42 Å². The van der Waals surface area contributed by atoms with Crippen molar-refractivity contribution in [1.29, 1.82) is 0 Å². The number of furan rings is 1. The van der Waals surface area contributed by atoms with Crippen LogP contribution in [0.3, 0.4) is 0 Å². The summed E-state index contributed by atoms with van der Waals surface area (Å²) in [6.07, 6.45) is 1.45. The molecule has 0 aliphatic carbocycles. The van der Waals surface area contributed by atoms with Crippen molar-refractivity contribution in [1.82, 2.24) is 4.90 Å². The normalized spacial score (nSPS) is 15.0. The summed E-state index contributed by atoms with van der Waals surface area (Å²) < 4.78 is 5.77. The molecule has 0 radical (unpaired) electrons. The van der Waals surface area contributed by atoms with E-state index in [4.69, 9.17) is 27.6 Å².